The van der Waals surface area contributed by atoms with Gasteiger partial charge in [0, 0.05) is 5.57 Å². The summed E-state index contributed by atoms with van der Waals surface area (Å²) in [6, 6.07) is 0. The third kappa shape index (κ3) is 4.14. The molecule has 1 atom stereocenters. The highest BCUT2D eigenvalue weighted by Crippen LogP contribution is 2.47. The van der Waals surface area contributed by atoms with Gasteiger partial charge in [-0.05, 0) is 33.1 Å². The van der Waals surface area contributed by atoms with E-state index in [1.807, 2.05) is 0 Å². The van der Waals surface area contributed by atoms with Crippen LogP contribution in [0.2, 0.25) is 0 Å². The molecule has 0 fully saturated rings. The summed E-state index contributed by atoms with van der Waals surface area (Å²) in [5, 5.41) is 35.4. The molecule has 22 heavy (non-hydrogen) atoms. The average molecular weight is 336 g/mol. The number of allylic oxidation sites excluding steroid dienone is 1. The second kappa shape index (κ2) is 6.47. The minimum absolute atomic E-state index is 0.0969. The van der Waals surface area contributed by atoms with Gasteiger partial charge >= 0.3 is 23.9 Å². The maximum absolute atomic E-state index is 13.6. The van der Waals surface area contributed by atoms with Gasteiger partial charge in [0.25, 0.3) is 0 Å². The fourth-order valence-corrected chi connectivity index (χ4v) is 1.56. The number of aliphatic hydroxyl groups is 3. The van der Waals surface area contributed by atoms with E-state index in [0.717, 1.165) is 6.08 Å². The minimum atomic E-state index is -6.07. The van der Waals surface area contributed by atoms with Crippen LogP contribution in [0.25, 0.3) is 0 Å². The van der Waals surface area contributed by atoms with Gasteiger partial charge in [0.05, 0.1) is 0 Å². The Labute approximate surface area is 122 Å². The summed E-state index contributed by atoms with van der Waals surface area (Å²) < 4.78 is 64.0. The highest BCUT2D eigenvalue weighted by atomic mass is 19.4. The number of halogens is 5. The molecule has 0 radical (unpaired) electrons. The Morgan fingerprint density at radius 3 is 1.91 bits per heavy atom. The number of rotatable bonds is 7. The summed E-state index contributed by atoms with van der Waals surface area (Å²) in [6.45, 7) is 1.57. The quantitative estimate of drug-likeness (QED) is 0.246. The third-order valence-corrected chi connectivity index (χ3v) is 3.17. The van der Waals surface area contributed by atoms with Crippen molar-refractivity contribution >= 4 is 5.97 Å². The first-order chi connectivity index (χ1) is 9.58. The van der Waals surface area contributed by atoms with Crippen molar-refractivity contribution in [3.8, 4) is 0 Å². The Hall–Kier alpha value is -1.26. The lowest BCUT2D eigenvalue weighted by molar-refractivity contribution is -0.440. The summed E-state index contributed by atoms with van der Waals surface area (Å²) >= 11 is 0. The van der Waals surface area contributed by atoms with Crippen molar-refractivity contribution in [3.63, 3.8) is 0 Å². The molecule has 0 aromatic heterocycles. The fraction of sp³-hybridized carbons (Fsp3) is 0.750. The largest absolute Gasteiger partial charge is 0.478 e. The number of carbonyl (C=O) groups is 1. The molecule has 4 N–H and O–H groups in total. The fourth-order valence-electron chi connectivity index (χ4n) is 1.56. The SMILES string of the molecule is CC(=CCCCC(C)(O)C(F)(F)C(O)(O)C(F)(F)F)C(=O)O. The highest BCUT2D eigenvalue weighted by molar-refractivity contribution is 5.85. The summed E-state index contributed by atoms with van der Waals surface area (Å²) in [5.41, 5.74) is -3.46. The number of unbranched alkanes of at least 4 members (excludes halogenated alkanes) is 1. The van der Waals surface area contributed by atoms with E-state index < -0.39 is 35.9 Å². The van der Waals surface area contributed by atoms with Crippen molar-refractivity contribution < 1.29 is 47.2 Å². The number of alkyl halides is 5. The first kappa shape index (κ1) is 20.7. The van der Waals surface area contributed by atoms with E-state index >= 15 is 0 Å². The van der Waals surface area contributed by atoms with Crippen LogP contribution in [-0.2, 0) is 4.79 Å². The Morgan fingerprint density at radius 2 is 1.55 bits per heavy atom. The van der Waals surface area contributed by atoms with E-state index in [1.165, 1.54) is 6.92 Å². The van der Waals surface area contributed by atoms with Crippen LogP contribution in [0, 0.1) is 0 Å². The van der Waals surface area contributed by atoms with E-state index in [1.54, 1.807) is 0 Å². The van der Waals surface area contributed by atoms with Crippen LogP contribution < -0.4 is 0 Å². The number of aliphatic carboxylic acids is 1. The van der Waals surface area contributed by atoms with Gasteiger partial charge < -0.3 is 20.4 Å². The normalized spacial score (nSPS) is 17.3. The Morgan fingerprint density at radius 1 is 1.09 bits per heavy atom. The smallest absolute Gasteiger partial charge is 0.449 e. The lowest BCUT2D eigenvalue weighted by Crippen LogP contribution is -2.67. The van der Waals surface area contributed by atoms with E-state index in [9.17, 15) is 31.9 Å². The van der Waals surface area contributed by atoms with Crippen LogP contribution in [0.5, 0.6) is 0 Å². The molecular weight excluding hydrogens is 319 g/mol. The third-order valence-electron chi connectivity index (χ3n) is 3.17. The molecule has 0 saturated heterocycles. The second-order valence-electron chi connectivity index (χ2n) is 5.10. The van der Waals surface area contributed by atoms with Crippen molar-refractivity contribution in [2.24, 2.45) is 0 Å². The van der Waals surface area contributed by atoms with Gasteiger partial charge in [-0.3, -0.25) is 0 Å². The lowest BCUT2D eigenvalue weighted by atomic mass is 9.86. The molecule has 0 aromatic rings. The maximum atomic E-state index is 13.6. The van der Waals surface area contributed by atoms with Crippen LogP contribution in [0.1, 0.15) is 33.1 Å². The zero-order valence-electron chi connectivity index (χ0n) is 11.8. The van der Waals surface area contributed by atoms with Crippen molar-refractivity contribution in [3.05, 3.63) is 11.6 Å². The topological polar surface area (TPSA) is 98.0 Å². The number of hydrogen-bond acceptors (Lipinski definition) is 4. The molecule has 0 aliphatic heterocycles. The first-order valence-electron chi connectivity index (χ1n) is 6.09. The van der Waals surface area contributed by atoms with Gasteiger partial charge in [0.15, 0.2) is 0 Å². The molecule has 5 nitrogen and oxygen atoms in total. The van der Waals surface area contributed by atoms with E-state index in [4.69, 9.17) is 15.3 Å². The van der Waals surface area contributed by atoms with Crippen LogP contribution in [0.4, 0.5) is 22.0 Å². The summed E-state index contributed by atoms with van der Waals surface area (Å²) in [6.07, 6.45) is -6.23. The predicted octanol–water partition coefficient (Wildman–Crippen LogP) is 1.82. The van der Waals surface area contributed by atoms with Gasteiger partial charge in [-0.15, -0.1) is 0 Å². The maximum Gasteiger partial charge on any atom is 0.449 e. The Kier molecular flexibility index (Phi) is 6.10. The van der Waals surface area contributed by atoms with Gasteiger partial charge in [-0.25, -0.2) is 4.79 Å². The van der Waals surface area contributed by atoms with E-state index in [-0.39, 0.29) is 18.4 Å². The molecule has 0 saturated carbocycles. The minimum Gasteiger partial charge on any atom is -0.478 e. The number of hydrogen-bond donors (Lipinski definition) is 4. The number of carboxylic acid groups (broad SMARTS) is 1. The van der Waals surface area contributed by atoms with Crippen molar-refractivity contribution in [2.45, 2.75) is 56.6 Å². The van der Waals surface area contributed by atoms with Crippen molar-refractivity contribution in [2.75, 3.05) is 0 Å². The summed E-state index contributed by atoms with van der Waals surface area (Å²) in [4.78, 5) is 10.5. The van der Waals surface area contributed by atoms with Gasteiger partial charge in [-0.2, -0.15) is 22.0 Å². The van der Waals surface area contributed by atoms with Crippen LogP contribution in [-0.4, -0.2) is 49.9 Å². The molecule has 0 rings (SSSR count). The van der Waals surface area contributed by atoms with E-state index in [0.29, 0.717) is 6.92 Å². The standard InChI is InChI=1S/C12H17F5O5/c1-7(8(18)19)5-3-4-6-9(2,20)10(13,14)11(21,22)12(15,16)17/h5,20-22H,3-4,6H2,1-2H3,(H,18,19). The van der Waals surface area contributed by atoms with Gasteiger partial charge in [-0.1, -0.05) is 6.08 Å². The predicted molar refractivity (Wildman–Crippen MR) is 64.0 cm³/mol. The molecule has 0 spiro atoms. The molecular formula is C12H17F5O5. The van der Waals surface area contributed by atoms with Crippen LogP contribution >= 0.6 is 0 Å². The molecule has 0 aliphatic rings. The molecule has 0 aromatic carbocycles. The summed E-state index contributed by atoms with van der Waals surface area (Å²) in [5.74, 6) is -11.9. The van der Waals surface area contributed by atoms with Gasteiger partial charge in [0.2, 0.25) is 0 Å². The molecule has 0 heterocycles. The van der Waals surface area contributed by atoms with Crippen LogP contribution in [0.15, 0.2) is 11.6 Å². The number of carboxylic acids is 1. The molecule has 130 valence electrons. The molecule has 10 heteroatoms. The van der Waals surface area contributed by atoms with Crippen LogP contribution in [0.3, 0.4) is 0 Å². The zero-order chi connectivity index (χ0) is 18.0. The Balaban J connectivity index is 5.00. The molecule has 0 amide bonds. The monoisotopic (exact) mass is 336 g/mol. The zero-order valence-corrected chi connectivity index (χ0v) is 11.8. The van der Waals surface area contributed by atoms with Crippen molar-refractivity contribution in [1.82, 2.24) is 0 Å². The lowest BCUT2D eigenvalue weighted by Gasteiger charge is -2.40. The Bertz CT molecular complexity index is 440. The summed E-state index contributed by atoms with van der Waals surface area (Å²) in [7, 11) is 0. The molecule has 0 bridgehead atoms. The second-order valence-corrected chi connectivity index (χ2v) is 5.10. The average Bonchev–Trinajstić information content (AvgIpc) is 2.32. The molecule has 1 unspecified atom stereocenters. The first-order valence-corrected chi connectivity index (χ1v) is 6.09. The van der Waals surface area contributed by atoms with Gasteiger partial charge in [0.1, 0.15) is 5.60 Å². The highest BCUT2D eigenvalue weighted by Gasteiger charge is 2.74. The van der Waals surface area contributed by atoms with Crippen molar-refractivity contribution in [1.29, 1.82) is 0 Å². The van der Waals surface area contributed by atoms with E-state index in [2.05, 4.69) is 0 Å². The molecule has 0 aliphatic carbocycles.